The number of anilines is 3. The maximum atomic E-state index is 12.9. The highest BCUT2D eigenvalue weighted by Crippen LogP contribution is 2.26. The molecule has 9 nitrogen and oxygen atoms in total. The van der Waals surface area contributed by atoms with Crippen LogP contribution < -0.4 is 20.9 Å². The maximum Gasteiger partial charge on any atom is 0.257 e. The number of amides is 1. The van der Waals surface area contributed by atoms with Gasteiger partial charge in [-0.05, 0) is 31.4 Å². The van der Waals surface area contributed by atoms with Crippen molar-refractivity contribution in [3.8, 4) is 0 Å². The van der Waals surface area contributed by atoms with Crippen molar-refractivity contribution in [2.75, 3.05) is 42.8 Å². The maximum absolute atomic E-state index is 12.9. The lowest BCUT2D eigenvalue weighted by atomic mass is 9.89. The number of rotatable bonds is 7. The van der Waals surface area contributed by atoms with Gasteiger partial charge in [0.05, 0.1) is 18.3 Å². The van der Waals surface area contributed by atoms with E-state index in [9.17, 15) is 4.79 Å². The van der Waals surface area contributed by atoms with Crippen LogP contribution in [0.5, 0.6) is 0 Å². The molecule has 0 radical (unpaired) electrons. The van der Waals surface area contributed by atoms with E-state index in [0.29, 0.717) is 11.2 Å². The van der Waals surface area contributed by atoms with Crippen LogP contribution in [0.3, 0.4) is 0 Å². The SMILES string of the molecule is CNc1cc(NC2CCN(c3ccccc3)C2)nc2c(C(=O)N[C@@H]3CC[C@H]3OC)cnn12. The van der Waals surface area contributed by atoms with Crippen molar-refractivity contribution in [1.29, 1.82) is 0 Å². The molecule has 3 N–H and O–H groups in total. The summed E-state index contributed by atoms with van der Waals surface area (Å²) in [6.07, 6.45) is 4.56. The van der Waals surface area contributed by atoms with Crippen molar-refractivity contribution in [1.82, 2.24) is 19.9 Å². The molecule has 1 amide bonds. The molecule has 2 aliphatic rings. The van der Waals surface area contributed by atoms with Crippen molar-refractivity contribution in [2.45, 2.75) is 37.5 Å². The van der Waals surface area contributed by atoms with Gasteiger partial charge in [-0.3, -0.25) is 4.79 Å². The van der Waals surface area contributed by atoms with Crippen LogP contribution in [0.25, 0.3) is 5.65 Å². The Balaban J connectivity index is 1.35. The molecular formula is C23H29N7O2. The molecule has 9 heteroatoms. The molecule has 2 fully saturated rings. The Hall–Kier alpha value is -3.33. The average Bonchev–Trinajstić information content (AvgIpc) is 3.44. The highest BCUT2D eigenvalue weighted by Gasteiger charge is 2.33. The number of methoxy groups -OCH3 is 1. The molecule has 32 heavy (non-hydrogen) atoms. The van der Waals surface area contributed by atoms with Crippen molar-refractivity contribution in [3.05, 3.63) is 48.2 Å². The van der Waals surface area contributed by atoms with Crippen LogP contribution in [0.2, 0.25) is 0 Å². The van der Waals surface area contributed by atoms with Crippen LogP contribution >= 0.6 is 0 Å². The molecule has 1 aromatic carbocycles. The Labute approximate surface area is 187 Å². The monoisotopic (exact) mass is 435 g/mol. The number of carbonyl (C=O) groups is 1. The quantitative estimate of drug-likeness (QED) is 0.524. The van der Waals surface area contributed by atoms with Gasteiger partial charge < -0.3 is 25.6 Å². The zero-order valence-electron chi connectivity index (χ0n) is 18.4. The van der Waals surface area contributed by atoms with Crippen molar-refractivity contribution in [3.63, 3.8) is 0 Å². The first-order valence-corrected chi connectivity index (χ1v) is 11.1. The van der Waals surface area contributed by atoms with Crippen LogP contribution in [0.15, 0.2) is 42.6 Å². The van der Waals surface area contributed by atoms with Gasteiger partial charge in [0.25, 0.3) is 5.91 Å². The zero-order chi connectivity index (χ0) is 22.1. The summed E-state index contributed by atoms with van der Waals surface area (Å²) in [5.74, 6) is 1.33. The molecule has 1 saturated carbocycles. The molecule has 1 saturated heterocycles. The Morgan fingerprint density at radius 2 is 2.03 bits per heavy atom. The third-order valence-corrected chi connectivity index (χ3v) is 6.46. The smallest absolute Gasteiger partial charge is 0.257 e. The fraction of sp³-hybridized carbons (Fsp3) is 0.435. The van der Waals surface area contributed by atoms with Gasteiger partial charge in [0, 0.05) is 45.0 Å². The van der Waals surface area contributed by atoms with Gasteiger partial charge in [-0.1, -0.05) is 18.2 Å². The van der Waals surface area contributed by atoms with Crippen molar-refractivity contribution in [2.24, 2.45) is 0 Å². The number of para-hydroxylation sites is 1. The van der Waals surface area contributed by atoms with Gasteiger partial charge in [0.1, 0.15) is 17.2 Å². The van der Waals surface area contributed by atoms with Crippen molar-refractivity contribution >= 4 is 28.9 Å². The minimum absolute atomic E-state index is 0.0370. The van der Waals surface area contributed by atoms with E-state index in [1.807, 2.05) is 19.2 Å². The number of ether oxygens (including phenoxy) is 1. The molecule has 168 valence electrons. The van der Waals surface area contributed by atoms with E-state index in [4.69, 9.17) is 9.72 Å². The van der Waals surface area contributed by atoms with Gasteiger partial charge in [-0.15, -0.1) is 0 Å². The zero-order valence-corrected chi connectivity index (χ0v) is 18.4. The number of fused-ring (bicyclic) bond motifs is 1. The second kappa shape index (κ2) is 8.66. The number of nitrogens with zero attached hydrogens (tertiary/aromatic N) is 4. The van der Waals surface area contributed by atoms with E-state index in [-0.39, 0.29) is 24.1 Å². The number of hydrogen-bond donors (Lipinski definition) is 3. The lowest BCUT2D eigenvalue weighted by Gasteiger charge is -2.35. The van der Waals surface area contributed by atoms with E-state index < -0.39 is 0 Å². The minimum atomic E-state index is -0.172. The van der Waals surface area contributed by atoms with E-state index in [2.05, 4.69) is 50.2 Å². The summed E-state index contributed by atoms with van der Waals surface area (Å²) in [6, 6.07) is 12.7. The second-order valence-electron chi connectivity index (χ2n) is 8.41. The van der Waals surface area contributed by atoms with E-state index in [1.54, 1.807) is 17.8 Å². The molecular weight excluding hydrogens is 406 g/mol. The molecule has 1 aliphatic carbocycles. The fourth-order valence-electron chi connectivity index (χ4n) is 4.50. The summed E-state index contributed by atoms with van der Waals surface area (Å²) >= 11 is 0. The first-order chi connectivity index (χ1) is 15.7. The molecule has 2 aromatic heterocycles. The first-order valence-electron chi connectivity index (χ1n) is 11.1. The third-order valence-electron chi connectivity index (χ3n) is 6.46. The Morgan fingerprint density at radius 3 is 2.75 bits per heavy atom. The number of hydrogen-bond acceptors (Lipinski definition) is 7. The molecule has 0 spiro atoms. The van der Waals surface area contributed by atoms with Crippen LogP contribution in [-0.2, 0) is 4.74 Å². The van der Waals surface area contributed by atoms with E-state index in [1.165, 1.54) is 5.69 Å². The van der Waals surface area contributed by atoms with Crippen LogP contribution in [-0.4, -0.2) is 65.9 Å². The van der Waals surface area contributed by atoms with Gasteiger partial charge in [0.2, 0.25) is 0 Å². The lowest BCUT2D eigenvalue weighted by molar-refractivity contribution is 0.00732. The second-order valence-corrected chi connectivity index (χ2v) is 8.41. The molecule has 0 bridgehead atoms. The highest BCUT2D eigenvalue weighted by atomic mass is 16.5. The average molecular weight is 436 g/mol. The largest absolute Gasteiger partial charge is 0.379 e. The molecule has 3 atom stereocenters. The Bertz CT molecular complexity index is 1100. The number of aromatic nitrogens is 3. The van der Waals surface area contributed by atoms with E-state index >= 15 is 0 Å². The van der Waals surface area contributed by atoms with Gasteiger partial charge in [-0.2, -0.15) is 9.61 Å². The Morgan fingerprint density at radius 1 is 1.19 bits per heavy atom. The molecule has 5 rings (SSSR count). The fourth-order valence-corrected chi connectivity index (χ4v) is 4.50. The topological polar surface area (TPSA) is 95.8 Å². The third kappa shape index (κ3) is 3.84. The molecule has 1 unspecified atom stereocenters. The number of benzene rings is 1. The van der Waals surface area contributed by atoms with Crippen LogP contribution in [0, 0.1) is 0 Å². The van der Waals surface area contributed by atoms with Crippen LogP contribution in [0.1, 0.15) is 29.6 Å². The van der Waals surface area contributed by atoms with Crippen LogP contribution in [0.4, 0.5) is 17.3 Å². The number of nitrogens with one attached hydrogen (secondary N) is 3. The standard InChI is InChI=1S/C23H29N7O2/c1-24-21-12-20(26-15-10-11-29(14-15)16-6-4-3-5-7-16)28-22-17(13-25-30(21)22)23(31)27-18-8-9-19(18)32-2/h3-7,12-13,15,18-19,24H,8-11,14H2,1-2H3,(H,26,28)(H,27,31)/t15?,18-,19-/m1/s1. The summed E-state index contributed by atoms with van der Waals surface area (Å²) in [7, 11) is 3.52. The first kappa shape index (κ1) is 20.6. The summed E-state index contributed by atoms with van der Waals surface area (Å²) < 4.78 is 7.07. The molecule has 3 heterocycles. The minimum Gasteiger partial charge on any atom is -0.379 e. The predicted octanol–water partition coefficient (Wildman–Crippen LogP) is 2.37. The number of carbonyl (C=O) groups excluding carboxylic acids is 1. The van der Waals surface area contributed by atoms with Crippen molar-refractivity contribution < 1.29 is 9.53 Å². The Kier molecular flexibility index (Phi) is 5.57. The van der Waals surface area contributed by atoms with E-state index in [0.717, 1.165) is 44.0 Å². The van der Waals surface area contributed by atoms with Gasteiger partial charge in [0.15, 0.2) is 5.65 Å². The summed E-state index contributed by atoms with van der Waals surface area (Å²) in [4.78, 5) is 20.1. The lowest BCUT2D eigenvalue weighted by Crippen LogP contribution is -2.51. The van der Waals surface area contributed by atoms with Gasteiger partial charge >= 0.3 is 0 Å². The summed E-state index contributed by atoms with van der Waals surface area (Å²) in [5, 5.41) is 14.2. The summed E-state index contributed by atoms with van der Waals surface area (Å²) in [5.41, 5.74) is 2.23. The van der Waals surface area contributed by atoms with Gasteiger partial charge in [-0.25, -0.2) is 4.98 Å². The summed E-state index contributed by atoms with van der Waals surface area (Å²) in [6.45, 7) is 1.89. The predicted molar refractivity (Wildman–Crippen MR) is 125 cm³/mol. The molecule has 3 aromatic rings. The molecule has 1 aliphatic heterocycles. The normalized spacial score (nSPS) is 22.6. The highest BCUT2D eigenvalue weighted by molar-refractivity contribution is 6.00.